The van der Waals surface area contributed by atoms with Gasteiger partial charge in [0.2, 0.25) is 0 Å². The van der Waals surface area contributed by atoms with Gasteiger partial charge in [-0.2, -0.15) is 8.42 Å². The van der Waals surface area contributed by atoms with Crippen LogP contribution in [0, 0.1) is 11.6 Å². The zero-order valence-electron chi connectivity index (χ0n) is 15.7. The second-order valence-corrected chi connectivity index (χ2v) is 9.41. The summed E-state index contributed by atoms with van der Waals surface area (Å²) in [5.74, 6) is -1.42. The van der Waals surface area contributed by atoms with E-state index in [2.05, 4.69) is 0 Å². The maximum absolute atomic E-state index is 13.2. The third-order valence-corrected chi connectivity index (χ3v) is 7.04. The van der Waals surface area contributed by atoms with Gasteiger partial charge in [0.25, 0.3) is 10.1 Å². The predicted octanol–water partition coefficient (Wildman–Crippen LogP) is -3.78. The Morgan fingerprint density at radius 3 is 2.14 bits per heavy atom. The van der Waals surface area contributed by atoms with Crippen LogP contribution in [0.4, 0.5) is 8.78 Å². The minimum absolute atomic E-state index is 0. The van der Waals surface area contributed by atoms with Gasteiger partial charge in [0.05, 0.1) is 0 Å². The minimum atomic E-state index is -5.52. The van der Waals surface area contributed by atoms with E-state index in [4.69, 9.17) is 9.29 Å². The van der Waals surface area contributed by atoms with Crippen LogP contribution >= 0.6 is 7.60 Å². The monoisotopic (exact) mass is 498 g/mol. The van der Waals surface area contributed by atoms with Crippen molar-refractivity contribution < 1.29 is 144 Å². The standard InChI is InChI=1S/C16H17F2O7PS.2K/c17-12-8-13(18)10-15(9-12)25-14-5-1-3-11(7-14)4-2-6-16(26(19,20)21)27(22,23)24;;/h1,3,5,7-10,16H,2,4,6H2,(H2,19,20,21)(H,22,23,24);;/q;2*+1/p-2. The maximum Gasteiger partial charge on any atom is 1.00 e. The molecule has 148 valence electrons. The van der Waals surface area contributed by atoms with E-state index in [0.717, 1.165) is 12.1 Å². The van der Waals surface area contributed by atoms with Crippen LogP contribution in [0.2, 0.25) is 0 Å². The Bertz CT molecular complexity index is 949. The summed E-state index contributed by atoms with van der Waals surface area (Å²) in [6.45, 7) is 0. The first-order valence-electron chi connectivity index (χ1n) is 7.66. The van der Waals surface area contributed by atoms with Gasteiger partial charge in [-0.3, -0.25) is 4.55 Å². The molecule has 0 aliphatic rings. The van der Waals surface area contributed by atoms with E-state index in [1.54, 1.807) is 12.1 Å². The number of hydrogen-bond donors (Lipinski definition) is 1. The van der Waals surface area contributed by atoms with Crippen LogP contribution in [0.25, 0.3) is 0 Å². The van der Waals surface area contributed by atoms with Crippen LogP contribution in [0.1, 0.15) is 18.4 Å². The van der Waals surface area contributed by atoms with Crippen molar-refractivity contribution in [3.8, 4) is 11.5 Å². The molecule has 1 N–H and O–H groups in total. The smallest absolute Gasteiger partial charge is 0.810 e. The molecule has 0 saturated carbocycles. The summed E-state index contributed by atoms with van der Waals surface area (Å²) in [5, 5.41) is 0. The van der Waals surface area contributed by atoms with Crippen molar-refractivity contribution >= 4 is 17.7 Å². The number of rotatable bonds is 8. The molecular formula is C16H15F2K2O7PS. The fourth-order valence-corrected chi connectivity index (χ4v) is 4.71. The fourth-order valence-electron chi connectivity index (χ4n) is 2.44. The van der Waals surface area contributed by atoms with Crippen LogP contribution in [-0.2, 0) is 21.1 Å². The molecule has 1 atom stereocenters. The van der Waals surface area contributed by atoms with Crippen molar-refractivity contribution in [2.45, 2.75) is 24.3 Å². The molecule has 13 heteroatoms. The number of benzene rings is 2. The Morgan fingerprint density at radius 2 is 1.62 bits per heavy atom. The third-order valence-electron chi connectivity index (χ3n) is 3.58. The molecular weight excluding hydrogens is 483 g/mol. The molecule has 0 aliphatic carbocycles. The van der Waals surface area contributed by atoms with Crippen molar-refractivity contribution in [2.24, 2.45) is 0 Å². The normalized spacial score (nSPS) is 12.4. The van der Waals surface area contributed by atoms with Gasteiger partial charge in [-0.15, -0.1) is 0 Å². The van der Waals surface area contributed by atoms with E-state index < -0.39 is 40.8 Å². The van der Waals surface area contributed by atoms with Gasteiger partial charge in [0.1, 0.15) is 28.1 Å². The van der Waals surface area contributed by atoms with Gasteiger partial charge in [-0.05, 0) is 44.6 Å². The van der Waals surface area contributed by atoms with Crippen molar-refractivity contribution in [3.63, 3.8) is 0 Å². The topological polar surface area (TPSA) is 127 Å². The van der Waals surface area contributed by atoms with Gasteiger partial charge in [-0.1, -0.05) is 12.1 Å². The second kappa shape index (κ2) is 13.2. The maximum atomic E-state index is 13.2. The summed E-state index contributed by atoms with van der Waals surface area (Å²) in [7, 11) is -10.5. The minimum Gasteiger partial charge on any atom is -0.810 e. The van der Waals surface area contributed by atoms with E-state index in [-0.39, 0.29) is 127 Å². The summed E-state index contributed by atoms with van der Waals surface area (Å²) in [5.41, 5.74) is 0.602. The van der Waals surface area contributed by atoms with E-state index in [9.17, 15) is 31.6 Å². The van der Waals surface area contributed by atoms with Crippen LogP contribution in [0.5, 0.6) is 11.5 Å². The van der Waals surface area contributed by atoms with Crippen LogP contribution < -0.4 is 117 Å². The molecule has 29 heavy (non-hydrogen) atoms. The zero-order chi connectivity index (χ0) is 20.2. The Labute approximate surface area is 252 Å². The van der Waals surface area contributed by atoms with E-state index >= 15 is 0 Å². The number of halogens is 2. The fraction of sp³-hybridized carbons (Fsp3) is 0.250. The van der Waals surface area contributed by atoms with Crippen LogP contribution in [-0.4, -0.2) is 18.0 Å². The molecule has 2 rings (SSSR count). The molecule has 0 fully saturated rings. The van der Waals surface area contributed by atoms with Crippen molar-refractivity contribution in [1.29, 1.82) is 0 Å². The summed E-state index contributed by atoms with van der Waals surface area (Å²) in [6, 6.07) is 8.93. The summed E-state index contributed by atoms with van der Waals surface area (Å²) in [6.07, 6.45) is -0.402. The third kappa shape index (κ3) is 10.7. The number of hydrogen-bond acceptors (Lipinski definition) is 6. The Kier molecular flexibility index (Phi) is 13.9. The van der Waals surface area contributed by atoms with Crippen molar-refractivity contribution in [3.05, 3.63) is 59.7 Å². The average molecular weight is 499 g/mol. The molecule has 0 aliphatic heterocycles. The zero-order valence-corrected chi connectivity index (χ0v) is 23.7. The Morgan fingerprint density at radius 1 is 1.03 bits per heavy atom. The predicted molar refractivity (Wildman–Crippen MR) is 88.8 cm³/mol. The van der Waals surface area contributed by atoms with Gasteiger partial charge < -0.3 is 19.1 Å². The first kappa shape index (κ1) is 30.4. The molecule has 2 aromatic rings. The molecule has 1 unspecified atom stereocenters. The molecule has 0 bridgehead atoms. The SMILES string of the molecule is O=P([O-])([O-])C(CCCc1cccc(Oc2cc(F)cc(F)c2)c1)S(=O)(=O)O.[K+].[K+]. The molecule has 0 radical (unpaired) electrons. The van der Waals surface area contributed by atoms with E-state index in [1.165, 1.54) is 12.1 Å². The average Bonchev–Trinajstić information content (AvgIpc) is 2.48. The molecule has 0 heterocycles. The number of ether oxygens (including phenoxy) is 1. The van der Waals surface area contributed by atoms with Gasteiger partial charge in [0.15, 0.2) is 0 Å². The van der Waals surface area contributed by atoms with Crippen molar-refractivity contribution in [2.75, 3.05) is 0 Å². The Hall–Kier alpha value is 1.43. The Balaban J connectivity index is 0.00000392. The molecule has 0 aromatic heterocycles. The van der Waals surface area contributed by atoms with Gasteiger partial charge >= 0.3 is 103 Å². The summed E-state index contributed by atoms with van der Waals surface area (Å²) in [4.78, 5) is 19.6. The molecule has 0 spiro atoms. The van der Waals surface area contributed by atoms with Crippen molar-refractivity contribution in [1.82, 2.24) is 0 Å². The van der Waals surface area contributed by atoms with E-state index in [1.807, 2.05) is 0 Å². The quantitative estimate of drug-likeness (QED) is 0.225. The van der Waals surface area contributed by atoms with Gasteiger partial charge in [0, 0.05) is 18.2 Å². The molecule has 2 aromatic carbocycles. The molecule has 0 saturated heterocycles. The largest absolute Gasteiger partial charge is 1.00 e. The summed E-state index contributed by atoms with van der Waals surface area (Å²) >= 11 is 0. The van der Waals surface area contributed by atoms with Gasteiger partial charge in [-0.25, -0.2) is 8.78 Å². The second-order valence-electron chi connectivity index (χ2n) is 5.76. The molecule has 0 amide bonds. The van der Waals surface area contributed by atoms with Crippen LogP contribution in [0.3, 0.4) is 0 Å². The summed E-state index contributed by atoms with van der Waals surface area (Å²) < 4.78 is 73.7. The first-order valence-corrected chi connectivity index (χ1v) is 10.8. The van der Waals surface area contributed by atoms with Crippen LogP contribution in [0.15, 0.2) is 42.5 Å². The van der Waals surface area contributed by atoms with E-state index in [0.29, 0.717) is 11.6 Å². The number of aryl methyl sites for hydroxylation is 1. The molecule has 7 nitrogen and oxygen atoms in total. The first-order chi connectivity index (χ1) is 12.4.